The monoisotopic (exact) mass is 313 g/mol. The number of carbonyl (C=O) groups excluding carboxylic acids is 1. The summed E-state index contributed by atoms with van der Waals surface area (Å²) in [5.74, 6) is 1.01. The van der Waals surface area contributed by atoms with Crippen LogP contribution in [0.1, 0.15) is 20.1 Å². The molecule has 1 N–H and O–H groups in total. The predicted molar refractivity (Wildman–Crippen MR) is 77.5 cm³/mol. The summed E-state index contributed by atoms with van der Waals surface area (Å²) in [5, 5.41) is 8.98. The molecule has 1 aromatic heterocycles. The van der Waals surface area contributed by atoms with E-state index < -0.39 is 12.1 Å². The minimum atomic E-state index is -1.01. The van der Waals surface area contributed by atoms with Gasteiger partial charge < -0.3 is 14.7 Å². The molecule has 3 rings (SSSR count). The maximum atomic E-state index is 12.5. The summed E-state index contributed by atoms with van der Waals surface area (Å²) in [7, 11) is 0. The van der Waals surface area contributed by atoms with Gasteiger partial charge in [-0.05, 0) is 23.8 Å². The summed E-state index contributed by atoms with van der Waals surface area (Å²) in [5.41, 5.74) is 1.26. The third-order valence-corrected chi connectivity index (χ3v) is 5.70. The van der Waals surface area contributed by atoms with Crippen molar-refractivity contribution in [1.82, 2.24) is 4.90 Å². The summed E-state index contributed by atoms with van der Waals surface area (Å²) >= 11 is 3.44. The molecule has 0 bridgehead atoms. The molecule has 0 spiro atoms. The highest BCUT2D eigenvalue weighted by Crippen LogP contribution is 2.32. The Bertz CT molecular complexity index is 519. The molecule has 3 heterocycles. The minimum Gasteiger partial charge on any atom is -0.479 e. The largest absolute Gasteiger partial charge is 0.479 e. The third kappa shape index (κ3) is 2.70. The van der Waals surface area contributed by atoms with E-state index in [1.165, 1.54) is 10.4 Å². The normalized spacial score (nSPS) is 22.4. The number of morpholine rings is 1. The first-order valence-electron chi connectivity index (χ1n) is 6.48. The lowest BCUT2D eigenvalue weighted by Crippen LogP contribution is -2.48. The van der Waals surface area contributed by atoms with Crippen LogP contribution in [0.2, 0.25) is 0 Å². The molecule has 1 saturated heterocycles. The van der Waals surface area contributed by atoms with Crippen LogP contribution in [-0.2, 0) is 21.7 Å². The fourth-order valence-corrected chi connectivity index (χ4v) is 4.73. The van der Waals surface area contributed by atoms with Crippen LogP contribution < -0.4 is 0 Å². The van der Waals surface area contributed by atoms with E-state index in [2.05, 4.69) is 0 Å². The molecular formula is C13H15NO4S2. The number of thiophene rings is 1. The zero-order valence-corrected chi connectivity index (χ0v) is 12.5. The van der Waals surface area contributed by atoms with Crippen molar-refractivity contribution >= 4 is 35.0 Å². The summed E-state index contributed by atoms with van der Waals surface area (Å²) in [6.45, 7) is 0.870. The fraction of sp³-hybridized carbons (Fsp3) is 0.538. The Kier molecular flexibility index (Phi) is 4.00. The van der Waals surface area contributed by atoms with Crippen LogP contribution >= 0.6 is 23.1 Å². The molecule has 0 aromatic carbocycles. The number of fused-ring (bicyclic) bond motifs is 1. The van der Waals surface area contributed by atoms with Gasteiger partial charge >= 0.3 is 5.97 Å². The van der Waals surface area contributed by atoms with Crippen LogP contribution in [0.3, 0.4) is 0 Å². The maximum absolute atomic E-state index is 12.5. The summed E-state index contributed by atoms with van der Waals surface area (Å²) in [6, 6.07) is 1.97. The number of carboxylic acid groups (broad SMARTS) is 1. The van der Waals surface area contributed by atoms with E-state index in [1.54, 1.807) is 16.2 Å². The van der Waals surface area contributed by atoms with E-state index in [0.717, 1.165) is 22.8 Å². The van der Waals surface area contributed by atoms with Crippen molar-refractivity contribution < 1.29 is 19.4 Å². The van der Waals surface area contributed by atoms with Crippen molar-refractivity contribution in [2.45, 2.75) is 18.3 Å². The first-order chi connectivity index (χ1) is 9.65. The number of carbonyl (C=O) groups is 2. The van der Waals surface area contributed by atoms with Crippen molar-refractivity contribution in [2.75, 3.05) is 25.4 Å². The van der Waals surface area contributed by atoms with Gasteiger partial charge in [-0.1, -0.05) is 0 Å². The summed E-state index contributed by atoms with van der Waals surface area (Å²) in [6.07, 6.45) is 0.122. The van der Waals surface area contributed by atoms with Gasteiger partial charge in [0.15, 0.2) is 6.10 Å². The Morgan fingerprint density at radius 3 is 3.05 bits per heavy atom. The summed E-state index contributed by atoms with van der Waals surface area (Å²) in [4.78, 5) is 27.0. The van der Waals surface area contributed by atoms with E-state index >= 15 is 0 Å². The molecule has 5 nitrogen and oxygen atoms in total. The minimum absolute atomic E-state index is 0.0658. The Morgan fingerprint density at radius 2 is 2.30 bits per heavy atom. The molecule has 1 atom stereocenters. The molecule has 1 fully saturated rings. The molecule has 20 heavy (non-hydrogen) atoms. The molecule has 1 amide bonds. The van der Waals surface area contributed by atoms with Gasteiger partial charge in [0.1, 0.15) is 0 Å². The quantitative estimate of drug-likeness (QED) is 0.895. The number of ether oxygens (including phenoxy) is 1. The fourth-order valence-electron chi connectivity index (χ4n) is 2.39. The standard InChI is InChI=1S/C13H15NO4S2/c15-12(14-2-3-18-9(6-14)13(16)17)11-5-8-7-19-4-1-10(8)20-11/h5,9H,1-4,6-7H2,(H,16,17). The summed E-state index contributed by atoms with van der Waals surface area (Å²) < 4.78 is 5.14. The van der Waals surface area contributed by atoms with Crippen LogP contribution in [0.5, 0.6) is 0 Å². The first-order valence-corrected chi connectivity index (χ1v) is 8.45. The smallest absolute Gasteiger partial charge is 0.334 e. The topological polar surface area (TPSA) is 66.8 Å². The second-order valence-corrected chi connectivity index (χ2v) is 7.05. The second-order valence-electron chi connectivity index (χ2n) is 4.81. The van der Waals surface area contributed by atoms with Gasteiger partial charge in [0, 0.05) is 17.2 Å². The number of carboxylic acids is 1. The van der Waals surface area contributed by atoms with Gasteiger partial charge in [-0.3, -0.25) is 4.79 Å². The number of aryl methyl sites for hydroxylation is 1. The molecule has 0 aliphatic carbocycles. The Labute approximate surface area is 124 Å². The molecule has 2 aliphatic rings. The number of amides is 1. The van der Waals surface area contributed by atoms with Crippen LogP contribution in [0.25, 0.3) is 0 Å². The van der Waals surface area contributed by atoms with Crippen molar-refractivity contribution in [3.63, 3.8) is 0 Å². The van der Waals surface area contributed by atoms with Crippen molar-refractivity contribution in [1.29, 1.82) is 0 Å². The van der Waals surface area contributed by atoms with E-state index in [9.17, 15) is 9.59 Å². The maximum Gasteiger partial charge on any atom is 0.334 e. The van der Waals surface area contributed by atoms with Gasteiger partial charge in [0.25, 0.3) is 5.91 Å². The number of rotatable bonds is 2. The number of nitrogens with zero attached hydrogens (tertiary/aromatic N) is 1. The van der Waals surface area contributed by atoms with Crippen LogP contribution in [0.4, 0.5) is 0 Å². The second kappa shape index (κ2) is 5.75. The van der Waals surface area contributed by atoms with E-state index in [4.69, 9.17) is 9.84 Å². The van der Waals surface area contributed by atoms with Gasteiger partial charge in [-0.2, -0.15) is 11.8 Å². The molecule has 1 aromatic rings. The number of hydrogen-bond donors (Lipinski definition) is 1. The lowest BCUT2D eigenvalue weighted by molar-refractivity contribution is -0.154. The number of hydrogen-bond acceptors (Lipinski definition) is 5. The highest BCUT2D eigenvalue weighted by Gasteiger charge is 2.30. The van der Waals surface area contributed by atoms with Crippen molar-refractivity contribution in [3.05, 3.63) is 21.4 Å². The zero-order valence-electron chi connectivity index (χ0n) is 10.8. The lowest BCUT2D eigenvalue weighted by atomic mass is 10.2. The van der Waals surface area contributed by atoms with Gasteiger partial charge in [0.2, 0.25) is 0 Å². The third-order valence-electron chi connectivity index (χ3n) is 3.47. The van der Waals surface area contributed by atoms with E-state index in [0.29, 0.717) is 6.54 Å². The average Bonchev–Trinajstić information content (AvgIpc) is 2.90. The van der Waals surface area contributed by atoms with Gasteiger partial charge in [-0.15, -0.1) is 11.3 Å². The van der Waals surface area contributed by atoms with Crippen LogP contribution in [0, 0.1) is 0 Å². The molecule has 1 unspecified atom stereocenters. The molecule has 0 radical (unpaired) electrons. The number of aliphatic carboxylic acids is 1. The SMILES string of the molecule is O=C(O)C1CN(C(=O)c2cc3c(s2)CCSC3)CCO1. The lowest BCUT2D eigenvalue weighted by Gasteiger charge is -2.30. The Morgan fingerprint density at radius 1 is 1.45 bits per heavy atom. The van der Waals surface area contributed by atoms with Crippen LogP contribution in [0.15, 0.2) is 6.07 Å². The number of thioether (sulfide) groups is 1. The predicted octanol–water partition coefficient (Wildman–Crippen LogP) is 1.46. The first kappa shape index (κ1) is 13.9. The Hall–Kier alpha value is -1.05. The molecule has 108 valence electrons. The van der Waals surface area contributed by atoms with E-state index in [1.807, 2.05) is 17.8 Å². The highest BCUT2D eigenvalue weighted by atomic mass is 32.2. The average molecular weight is 313 g/mol. The molecule has 7 heteroatoms. The zero-order chi connectivity index (χ0) is 14.1. The molecule has 2 aliphatic heterocycles. The molecule has 0 saturated carbocycles. The Balaban J connectivity index is 1.75. The van der Waals surface area contributed by atoms with E-state index in [-0.39, 0.29) is 19.1 Å². The van der Waals surface area contributed by atoms with Gasteiger partial charge in [-0.25, -0.2) is 4.79 Å². The van der Waals surface area contributed by atoms with Gasteiger partial charge in [0.05, 0.1) is 18.0 Å². The van der Waals surface area contributed by atoms with Crippen molar-refractivity contribution in [3.8, 4) is 0 Å². The van der Waals surface area contributed by atoms with Crippen molar-refractivity contribution in [2.24, 2.45) is 0 Å². The molecular weight excluding hydrogens is 298 g/mol. The highest BCUT2D eigenvalue weighted by molar-refractivity contribution is 7.98. The van der Waals surface area contributed by atoms with Crippen LogP contribution in [-0.4, -0.2) is 53.4 Å².